The normalized spacial score (nSPS) is 21.3. The Bertz CT molecular complexity index is 570. The highest BCUT2D eigenvalue weighted by atomic mass is 35.5. The van der Waals surface area contributed by atoms with Crippen LogP contribution in [0.4, 0.5) is 0 Å². The maximum Gasteiger partial charge on any atom is 0.0720 e. The molecule has 2 aromatic rings. The maximum atomic E-state index is 6.02. The number of rotatable bonds is 1. The molecule has 1 atom stereocenters. The van der Waals surface area contributed by atoms with Crippen molar-refractivity contribution in [3.05, 3.63) is 41.0 Å². The Morgan fingerprint density at radius 3 is 3.00 bits per heavy atom. The summed E-state index contributed by atoms with van der Waals surface area (Å²) in [6, 6.07) is 10.4. The Labute approximate surface area is 112 Å². The molecule has 0 amide bonds. The van der Waals surface area contributed by atoms with Gasteiger partial charge in [-0.05, 0) is 25.2 Å². The molecule has 1 N–H and O–H groups in total. The summed E-state index contributed by atoms with van der Waals surface area (Å²) in [5, 5.41) is 5.29. The fourth-order valence-electron chi connectivity index (χ4n) is 2.43. The average molecular weight is 262 g/mol. The van der Waals surface area contributed by atoms with Crippen LogP contribution < -0.4 is 5.32 Å². The SMILES string of the molecule is CN1CCNCC1c1ccc2ccc(Cl)cc2n1. The molecule has 1 aliphatic heterocycles. The molecular weight excluding hydrogens is 246 g/mol. The first-order valence-electron chi connectivity index (χ1n) is 6.21. The van der Waals surface area contributed by atoms with Gasteiger partial charge in [0.25, 0.3) is 0 Å². The van der Waals surface area contributed by atoms with Gasteiger partial charge in [0.1, 0.15) is 0 Å². The maximum absolute atomic E-state index is 6.02. The Hall–Kier alpha value is -1.16. The highest BCUT2D eigenvalue weighted by Gasteiger charge is 2.21. The summed E-state index contributed by atoms with van der Waals surface area (Å²) in [5.74, 6) is 0. The van der Waals surface area contributed by atoms with Gasteiger partial charge >= 0.3 is 0 Å². The number of fused-ring (bicyclic) bond motifs is 1. The standard InChI is InChI=1S/C14H16ClN3/c1-18-7-6-16-9-14(18)12-5-3-10-2-4-11(15)8-13(10)17-12/h2-5,8,14,16H,6-7,9H2,1H3. The van der Waals surface area contributed by atoms with Crippen molar-refractivity contribution in [1.29, 1.82) is 0 Å². The number of piperazine rings is 1. The number of hydrogen-bond acceptors (Lipinski definition) is 3. The van der Waals surface area contributed by atoms with Crippen LogP contribution in [0.5, 0.6) is 0 Å². The minimum Gasteiger partial charge on any atom is -0.313 e. The van der Waals surface area contributed by atoms with E-state index in [1.807, 2.05) is 18.2 Å². The van der Waals surface area contributed by atoms with E-state index < -0.39 is 0 Å². The van der Waals surface area contributed by atoms with Gasteiger partial charge in [-0.25, -0.2) is 0 Å². The number of aromatic nitrogens is 1. The van der Waals surface area contributed by atoms with Crippen LogP contribution in [-0.2, 0) is 0 Å². The van der Waals surface area contributed by atoms with Gasteiger partial charge in [-0.3, -0.25) is 9.88 Å². The van der Waals surface area contributed by atoms with E-state index in [4.69, 9.17) is 16.6 Å². The van der Waals surface area contributed by atoms with Crippen molar-refractivity contribution in [2.45, 2.75) is 6.04 Å². The molecule has 1 aromatic heterocycles. The van der Waals surface area contributed by atoms with Crippen LogP contribution in [0.25, 0.3) is 10.9 Å². The lowest BCUT2D eigenvalue weighted by Gasteiger charge is -2.32. The number of nitrogens with zero attached hydrogens (tertiary/aromatic N) is 2. The molecule has 0 bridgehead atoms. The van der Waals surface area contributed by atoms with Gasteiger partial charge in [-0.2, -0.15) is 0 Å². The Morgan fingerprint density at radius 1 is 1.33 bits per heavy atom. The predicted molar refractivity (Wildman–Crippen MR) is 75.0 cm³/mol. The Kier molecular flexibility index (Phi) is 3.20. The molecule has 1 unspecified atom stereocenters. The zero-order valence-electron chi connectivity index (χ0n) is 10.4. The zero-order valence-corrected chi connectivity index (χ0v) is 11.1. The van der Waals surface area contributed by atoms with Crippen molar-refractivity contribution < 1.29 is 0 Å². The largest absolute Gasteiger partial charge is 0.313 e. The molecule has 1 saturated heterocycles. The van der Waals surface area contributed by atoms with E-state index in [0.29, 0.717) is 6.04 Å². The average Bonchev–Trinajstić information content (AvgIpc) is 2.38. The molecule has 18 heavy (non-hydrogen) atoms. The minimum absolute atomic E-state index is 0.349. The van der Waals surface area contributed by atoms with Crippen LogP contribution in [0.1, 0.15) is 11.7 Å². The van der Waals surface area contributed by atoms with E-state index in [9.17, 15) is 0 Å². The summed E-state index contributed by atoms with van der Waals surface area (Å²) < 4.78 is 0. The zero-order chi connectivity index (χ0) is 12.5. The summed E-state index contributed by atoms with van der Waals surface area (Å²) in [5.41, 5.74) is 2.08. The van der Waals surface area contributed by atoms with Crippen LogP contribution in [0.15, 0.2) is 30.3 Å². The number of nitrogens with one attached hydrogen (secondary N) is 1. The number of pyridine rings is 1. The lowest BCUT2D eigenvalue weighted by atomic mass is 10.1. The summed E-state index contributed by atoms with van der Waals surface area (Å²) in [4.78, 5) is 7.09. The quantitative estimate of drug-likeness (QED) is 0.855. The number of halogens is 1. The van der Waals surface area contributed by atoms with Gasteiger partial charge in [0.15, 0.2) is 0 Å². The lowest BCUT2D eigenvalue weighted by Crippen LogP contribution is -2.44. The highest BCUT2D eigenvalue weighted by Crippen LogP contribution is 2.23. The predicted octanol–water partition coefficient (Wildman–Crippen LogP) is 2.46. The molecular formula is C14H16ClN3. The molecule has 0 radical (unpaired) electrons. The molecule has 94 valence electrons. The molecule has 0 aliphatic carbocycles. The van der Waals surface area contributed by atoms with Gasteiger partial charge in [0.2, 0.25) is 0 Å². The third-order valence-corrected chi connectivity index (χ3v) is 3.76. The van der Waals surface area contributed by atoms with E-state index in [0.717, 1.165) is 41.3 Å². The number of likely N-dealkylation sites (N-methyl/N-ethyl adjacent to an activating group) is 1. The van der Waals surface area contributed by atoms with E-state index >= 15 is 0 Å². The fourth-order valence-corrected chi connectivity index (χ4v) is 2.59. The van der Waals surface area contributed by atoms with Crippen molar-refractivity contribution in [2.75, 3.05) is 26.7 Å². The fraction of sp³-hybridized carbons (Fsp3) is 0.357. The third kappa shape index (κ3) is 2.21. The van der Waals surface area contributed by atoms with Gasteiger partial charge < -0.3 is 5.32 Å². The van der Waals surface area contributed by atoms with E-state index in [1.54, 1.807) is 0 Å². The second-order valence-corrected chi connectivity index (χ2v) is 5.21. The summed E-state index contributed by atoms with van der Waals surface area (Å²) >= 11 is 6.02. The van der Waals surface area contributed by atoms with Gasteiger partial charge in [0, 0.05) is 30.0 Å². The second-order valence-electron chi connectivity index (χ2n) is 4.77. The first kappa shape index (κ1) is 11.9. The van der Waals surface area contributed by atoms with Crippen LogP contribution in [-0.4, -0.2) is 36.6 Å². The molecule has 1 fully saturated rings. The van der Waals surface area contributed by atoms with Crippen LogP contribution in [0.3, 0.4) is 0 Å². The van der Waals surface area contributed by atoms with Crippen molar-refractivity contribution >= 4 is 22.5 Å². The van der Waals surface area contributed by atoms with Crippen LogP contribution in [0, 0.1) is 0 Å². The molecule has 2 heterocycles. The Morgan fingerprint density at radius 2 is 2.17 bits per heavy atom. The molecule has 4 heteroatoms. The molecule has 0 saturated carbocycles. The summed E-state index contributed by atoms with van der Waals surface area (Å²) in [7, 11) is 2.15. The topological polar surface area (TPSA) is 28.2 Å². The molecule has 0 spiro atoms. The molecule has 1 aromatic carbocycles. The third-order valence-electron chi connectivity index (χ3n) is 3.53. The van der Waals surface area contributed by atoms with Crippen molar-refractivity contribution in [1.82, 2.24) is 15.2 Å². The second kappa shape index (κ2) is 4.84. The first-order valence-corrected chi connectivity index (χ1v) is 6.59. The summed E-state index contributed by atoms with van der Waals surface area (Å²) in [6.45, 7) is 3.06. The van der Waals surface area contributed by atoms with E-state index in [2.05, 4.69) is 29.4 Å². The minimum atomic E-state index is 0.349. The number of hydrogen-bond donors (Lipinski definition) is 1. The van der Waals surface area contributed by atoms with E-state index in [-0.39, 0.29) is 0 Å². The van der Waals surface area contributed by atoms with E-state index in [1.165, 1.54) is 0 Å². The molecule has 3 rings (SSSR count). The van der Waals surface area contributed by atoms with Gasteiger partial charge in [0.05, 0.1) is 17.3 Å². The lowest BCUT2D eigenvalue weighted by molar-refractivity contribution is 0.199. The highest BCUT2D eigenvalue weighted by molar-refractivity contribution is 6.31. The molecule has 1 aliphatic rings. The van der Waals surface area contributed by atoms with Gasteiger partial charge in [-0.15, -0.1) is 0 Å². The Balaban J connectivity index is 2.01. The monoisotopic (exact) mass is 261 g/mol. The smallest absolute Gasteiger partial charge is 0.0720 e. The van der Waals surface area contributed by atoms with Gasteiger partial charge in [-0.1, -0.05) is 23.7 Å². The van der Waals surface area contributed by atoms with Crippen molar-refractivity contribution in [3.63, 3.8) is 0 Å². The van der Waals surface area contributed by atoms with Crippen LogP contribution >= 0.6 is 11.6 Å². The van der Waals surface area contributed by atoms with Crippen molar-refractivity contribution in [3.8, 4) is 0 Å². The summed E-state index contributed by atoms with van der Waals surface area (Å²) in [6.07, 6.45) is 0. The van der Waals surface area contributed by atoms with Crippen LogP contribution in [0.2, 0.25) is 5.02 Å². The molecule has 3 nitrogen and oxygen atoms in total. The van der Waals surface area contributed by atoms with Crippen molar-refractivity contribution in [2.24, 2.45) is 0 Å². The first-order chi connectivity index (χ1) is 8.74. The number of benzene rings is 1.